The van der Waals surface area contributed by atoms with Gasteiger partial charge in [0.25, 0.3) is 5.91 Å². The molecule has 8 heteroatoms. The molecule has 0 spiro atoms. The lowest BCUT2D eigenvalue weighted by Crippen LogP contribution is -2.18. The van der Waals surface area contributed by atoms with Gasteiger partial charge in [-0.25, -0.2) is 4.39 Å². The Bertz CT molecular complexity index is 1010. The number of pyridine rings is 1. The second kappa shape index (κ2) is 5.89. The molecule has 1 aromatic carbocycles. The molecule has 2 heterocycles. The van der Waals surface area contributed by atoms with Gasteiger partial charge >= 0.3 is 0 Å². The summed E-state index contributed by atoms with van der Waals surface area (Å²) in [6.07, 6.45) is 0. The van der Waals surface area contributed by atoms with Crippen molar-refractivity contribution in [2.75, 3.05) is 5.32 Å². The van der Waals surface area contributed by atoms with Crippen molar-refractivity contribution in [1.82, 2.24) is 14.8 Å². The molecule has 7 nitrogen and oxygen atoms in total. The molecule has 0 atom stereocenters. The van der Waals surface area contributed by atoms with Crippen molar-refractivity contribution in [1.29, 1.82) is 0 Å². The third-order valence-electron chi connectivity index (χ3n) is 3.94. The molecule has 0 radical (unpaired) electrons. The number of nitrogens with one attached hydrogen (secondary N) is 2. The Morgan fingerprint density at radius 3 is 2.88 bits per heavy atom. The molecule has 0 saturated carbocycles. The maximum Gasteiger partial charge on any atom is 0.257 e. The number of carbonyl (C=O) groups excluding carboxylic acids is 1. The summed E-state index contributed by atoms with van der Waals surface area (Å²) < 4.78 is 15.0. The van der Waals surface area contributed by atoms with E-state index in [0.29, 0.717) is 16.8 Å². The van der Waals surface area contributed by atoms with Crippen molar-refractivity contribution in [3.63, 3.8) is 0 Å². The average Bonchev–Trinajstić information content (AvgIpc) is 2.79. The van der Waals surface area contributed by atoms with Gasteiger partial charge in [-0.1, -0.05) is 0 Å². The molecular weight excluding hydrogens is 313 g/mol. The fourth-order valence-corrected chi connectivity index (χ4v) is 2.59. The highest BCUT2D eigenvalue weighted by atomic mass is 19.1. The largest absolute Gasteiger partial charge is 0.326 e. The summed E-state index contributed by atoms with van der Waals surface area (Å²) in [4.78, 5) is 26.9. The molecule has 0 aliphatic rings. The molecule has 2 aromatic heterocycles. The first-order valence-electron chi connectivity index (χ1n) is 7.27. The number of rotatable bonds is 3. The summed E-state index contributed by atoms with van der Waals surface area (Å²) >= 11 is 0. The van der Waals surface area contributed by atoms with Gasteiger partial charge in [-0.05, 0) is 25.1 Å². The zero-order chi connectivity index (χ0) is 17.4. The van der Waals surface area contributed by atoms with E-state index in [2.05, 4.69) is 15.4 Å². The number of benzene rings is 1. The number of amides is 1. The number of nitrogens with two attached hydrogens (primary N) is 1. The van der Waals surface area contributed by atoms with Gasteiger partial charge in [-0.15, -0.1) is 0 Å². The summed E-state index contributed by atoms with van der Waals surface area (Å²) in [5.41, 5.74) is 7.16. The van der Waals surface area contributed by atoms with Crippen molar-refractivity contribution in [2.45, 2.75) is 13.5 Å². The summed E-state index contributed by atoms with van der Waals surface area (Å²) in [5.74, 6) is -0.662. The average molecular weight is 329 g/mol. The Hall–Kier alpha value is -3.00. The minimum atomic E-state index is -0.509. The van der Waals surface area contributed by atoms with Crippen LogP contribution >= 0.6 is 0 Å². The number of aromatic amines is 1. The van der Waals surface area contributed by atoms with Crippen LogP contribution in [0.1, 0.15) is 21.6 Å². The fourth-order valence-electron chi connectivity index (χ4n) is 2.59. The van der Waals surface area contributed by atoms with Crippen molar-refractivity contribution in [3.8, 4) is 0 Å². The van der Waals surface area contributed by atoms with Gasteiger partial charge in [0.2, 0.25) is 5.56 Å². The van der Waals surface area contributed by atoms with Crippen LogP contribution in [0, 0.1) is 12.7 Å². The first kappa shape index (κ1) is 15.9. The Kier molecular flexibility index (Phi) is 3.90. The second-order valence-corrected chi connectivity index (χ2v) is 5.43. The first-order valence-corrected chi connectivity index (χ1v) is 7.27. The predicted octanol–water partition coefficient (Wildman–Crippen LogP) is 1.42. The van der Waals surface area contributed by atoms with Crippen LogP contribution in [0.15, 0.2) is 29.1 Å². The summed E-state index contributed by atoms with van der Waals surface area (Å²) in [7, 11) is 1.75. The number of carbonyl (C=O) groups is 1. The van der Waals surface area contributed by atoms with E-state index in [1.807, 2.05) is 6.92 Å². The van der Waals surface area contributed by atoms with Crippen LogP contribution in [0.2, 0.25) is 0 Å². The summed E-state index contributed by atoms with van der Waals surface area (Å²) in [6.45, 7) is 2.06. The zero-order valence-electron chi connectivity index (χ0n) is 13.2. The number of aryl methyl sites for hydroxylation is 1. The fraction of sp³-hybridized carbons (Fsp3) is 0.188. The number of fused-ring (bicyclic) bond motifs is 1. The second-order valence-electron chi connectivity index (χ2n) is 5.43. The topological polar surface area (TPSA) is 106 Å². The van der Waals surface area contributed by atoms with E-state index in [4.69, 9.17) is 5.73 Å². The number of hydrogen-bond acceptors (Lipinski definition) is 4. The Balaban J connectivity index is 2.07. The van der Waals surface area contributed by atoms with E-state index in [1.54, 1.807) is 11.7 Å². The van der Waals surface area contributed by atoms with Crippen LogP contribution in [0.25, 0.3) is 10.9 Å². The normalized spacial score (nSPS) is 11.0. The van der Waals surface area contributed by atoms with Crippen LogP contribution in [0.5, 0.6) is 0 Å². The molecule has 0 bridgehead atoms. The zero-order valence-corrected chi connectivity index (χ0v) is 13.2. The minimum Gasteiger partial charge on any atom is -0.326 e. The van der Waals surface area contributed by atoms with Crippen molar-refractivity contribution >= 4 is 22.6 Å². The highest BCUT2D eigenvalue weighted by Gasteiger charge is 2.17. The van der Waals surface area contributed by atoms with E-state index >= 15 is 0 Å². The Morgan fingerprint density at radius 1 is 1.42 bits per heavy atom. The molecule has 124 valence electrons. The number of aromatic nitrogens is 3. The summed E-state index contributed by atoms with van der Waals surface area (Å²) in [5, 5.41) is 7.34. The van der Waals surface area contributed by atoms with Crippen molar-refractivity contribution in [2.24, 2.45) is 12.8 Å². The van der Waals surface area contributed by atoms with Gasteiger partial charge in [-0.2, -0.15) is 5.10 Å². The smallest absolute Gasteiger partial charge is 0.257 e. The predicted molar refractivity (Wildman–Crippen MR) is 88.3 cm³/mol. The van der Waals surface area contributed by atoms with Crippen LogP contribution in [0.4, 0.5) is 10.2 Å². The van der Waals surface area contributed by atoms with Crippen LogP contribution < -0.4 is 16.6 Å². The molecule has 24 heavy (non-hydrogen) atoms. The van der Waals surface area contributed by atoms with Crippen molar-refractivity contribution < 1.29 is 9.18 Å². The first-order chi connectivity index (χ1) is 11.4. The van der Waals surface area contributed by atoms with E-state index < -0.39 is 17.3 Å². The monoisotopic (exact) mass is 329 g/mol. The highest BCUT2D eigenvalue weighted by molar-refractivity contribution is 6.12. The molecule has 0 unspecified atom stereocenters. The number of anilines is 1. The van der Waals surface area contributed by atoms with Gasteiger partial charge in [0.15, 0.2) is 5.82 Å². The molecule has 0 fully saturated rings. The van der Waals surface area contributed by atoms with Crippen LogP contribution in [-0.4, -0.2) is 20.7 Å². The number of H-pyrrole nitrogens is 1. The van der Waals surface area contributed by atoms with E-state index in [1.165, 1.54) is 24.3 Å². The number of nitrogens with zero attached hydrogens (tertiary/aromatic N) is 2. The quantitative estimate of drug-likeness (QED) is 0.675. The highest BCUT2D eigenvalue weighted by Crippen LogP contribution is 2.21. The molecule has 4 N–H and O–H groups in total. The molecule has 0 aliphatic heterocycles. The Morgan fingerprint density at radius 2 is 2.17 bits per heavy atom. The van der Waals surface area contributed by atoms with Crippen LogP contribution in [0.3, 0.4) is 0 Å². The molecule has 0 aliphatic carbocycles. The van der Waals surface area contributed by atoms with E-state index in [9.17, 15) is 14.0 Å². The standard InChI is InChI=1S/C16H16FN5O2/c1-8-12(7-18)15(21-22(8)2)20-16(24)11-6-14(23)19-13-5-9(17)3-4-10(11)13/h3-6H,7,18H2,1-2H3,(H,19,23)(H,20,21,24). The third-order valence-corrected chi connectivity index (χ3v) is 3.94. The lowest BCUT2D eigenvalue weighted by atomic mass is 10.1. The lowest BCUT2D eigenvalue weighted by molar-refractivity contribution is 0.102. The Labute approximate surface area is 136 Å². The molecule has 3 aromatic rings. The van der Waals surface area contributed by atoms with Crippen LogP contribution in [-0.2, 0) is 13.6 Å². The van der Waals surface area contributed by atoms with Gasteiger partial charge < -0.3 is 16.0 Å². The molecular formula is C16H16FN5O2. The molecule has 1 amide bonds. The molecule has 3 rings (SSSR count). The van der Waals surface area contributed by atoms with Crippen molar-refractivity contribution in [3.05, 3.63) is 57.3 Å². The SMILES string of the molecule is Cc1c(CN)c(NC(=O)c2cc(=O)[nH]c3cc(F)ccc23)nn1C. The lowest BCUT2D eigenvalue weighted by Gasteiger charge is -2.07. The van der Waals surface area contributed by atoms with E-state index in [-0.39, 0.29) is 17.6 Å². The van der Waals surface area contributed by atoms with Gasteiger partial charge in [0, 0.05) is 36.3 Å². The third kappa shape index (κ3) is 2.67. The minimum absolute atomic E-state index is 0.139. The maximum atomic E-state index is 13.3. The maximum absolute atomic E-state index is 13.3. The van der Waals surface area contributed by atoms with Gasteiger partial charge in [0.05, 0.1) is 11.1 Å². The van der Waals surface area contributed by atoms with Gasteiger partial charge in [-0.3, -0.25) is 14.3 Å². The molecule has 0 saturated heterocycles. The van der Waals surface area contributed by atoms with Gasteiger partial charge in [0.1, 0.15) is 5.82 Å². The number of hydrogen-bond donors (Lipinski definition) is 3. The summed E-state index contributed by atoms with van der Waals surface area (Å²) in [6, 6.07) is 5.02. The number of halogens is 1. The van der Waals surface area contributed by atoms with E-state index in [0.717, 1.165) is 5.69 Å².